The van der Waals surface area contributed by atoms with E-state index < -0.39 is 0 Å². The molecule has 2 aromatic rings. The van der Waals surface area contributed by atoms with E-state index in [2.05, 4.69) is 31.0 Å². The van der Waals surface area contributed by atoms with Gasteiger partial charge in [0.2, 0.25) is 0 Å². The van der Waals surface area contributed by atoms with Crippen LogP contribution in [0.15, 0.2) is 23.6 Å². The van der Waals surface area contributed by atoms with Crippen molar-refractivity contribution in [1.29, 1.82) is 0 Å². The van der Waals surface area contributed by atoms with Crippen molar-refractivity contribution in [3.05, 3.63) is 40.4 Å². The SMILES string of the molecule is CCN(CCO)C(=O)c1csc(-c2ccc(C)cc2C)n1. The van der Waals surface area contributed by atoms with E-state index in [4.69, 9.17) is 5.11 Å². The van der Waals surface area contributed by atoms with Gasteiger partial charge in [0.15, 0.2) is 0 Å². The highest BCUT2D eigenvalue weighted by atomic mass is 32.1. The van der Waals surface area contributed by atoms with Crippen LogP contribution in [0, 0.1) is 13.8 Å². The van der Waals surface area contributed by atoms with E-state index in [0.717, 1.165) is 16.1 Å². The lowest BCUT2D eigenvalue weighted by Crippen LogP contribution is -2.33. The number of aryl methyl sites for hydroxylation is 2. The van der Waals surface area contributed by atoms with Crippen molar-refractivity contribution < 1.29 is 9.90 Å². The molecule has 0 aliphatic rings. The third-order valence-electron chi connectivity index (χ3n) is 3.37. The molecule has 5 heteroatoms. The minimum atomic E-state index is -0.126. The first-order valence-corrected chi connectivity index (χ1v) is 7.88. The number of aliphatic hydroxyl groups excluding tert-OH is 1. The van der Waals surface area contributed by atoms with Crippen LogP contribution in [0.3, 0.4) is 0 Å². The van der Waals surface area contributed by atoms with Gasteiger partial charge < -0.3 is 10.0 Å². The highest BCUT2D eigenvalue weighted by Gasteiger charge is 2.18. The summed E-state index contributed by atoms with van der Waals surface area (Å²) in [6.45, 7) is 6.87. The fourth-order valence-electron chi connectivity index (χ4n) is 2.24. The molecule has 0 saturated carbocycles. The van der Waals surface area contributed by atoms with Crippen molar-refractivity contribution >= 4 is 17.2 Å². The zero-order valence-corrected chi connectivity index (χ0v) is 13.4. The van der Waals surface area contributed by atoms with E-state index in [1.54, 1.807) is 10.3 Å². The molecule has 2 rings (SSSR count). The summed E-state index contributed by atoms with van der Waals surface area (Å²) in [5.41, 5.74) is 3.88. The molecule has 1 amide bonds. The van der Waals surface area contributed by atoms with Crippen LogP contribution in [0.5, 0.6) is 0 Å². The van der Waals surface area contributed by atoms with Crippen molar-refractivity contribution in [2.45, 2.75) is 20.8 Å². The second-order valence-electron chi connectivity index (χ2n) is 4.96. The number of thiazole rings is 1. The monoisotopic (exact) mass is 304 g/mol. The van der Waals surface area contributed by atoms with E-state index in [9.17, 15) is 4.79 Å². The molecule has 0 atom stereocenters. The van der Waals surface area contributed by atoms with E-state index in [1.807, 2.05) is 13.0 Å². The van der Waals surface area contributed by atoms with E-state index in [-0.39, 0.29) is 12.5 Å². The Kier molecular flexibility index (Phi) is 5.09. The van der Waals surface area contributed by atoms with Gasteiger partial charge in [0.1, 0.15) is 10.7 Å². The van der Waals surface area contributed by atoms with Gasteiger partial charge in [0.25, 0.3) is 5.91 Å². The van der Waals surface area contributed by atoms with Gasteiger partial charge in [-0.15, -0.1) is 11.3 Å². The van der Waals surface area contributed by atoms with Crippen molar-refractivity contribution in [3.63, 3.8) is 0 Å². The predicted molar refractivity (Wildman–Crippen MR) is 85.7 cm³/mol. The quantitative estimate of drug-likeness (QED) is 0.924. The minimum Gasteiger partial charge on any atom is -0.395 e. The minimum absolute atomic E-state index is 0.0341. The Morgan fingerprint density at radius 3 is 2.76 bits per heavy atom. The molecule has 0 fully saturated rings. The van der Waals surface area contributed by atoms with Gasteiger partial charge in [-0.1, -0.05) is 23.8 Å². The lowest BCUT2D eigenvalue weighted by atomic mass is 10.1. The number of hydrogen-bond donors (Lipinski definition) is 1. The van der Waals surface area contributed by atoms with Crippen molar-refractivity contribution in [2.75, 3.05) is 19.7 Å². The average Bonchev–Trinajstić information content (AvgIpc) is 2.93. The third-order valence-corrected chi connectivity index (χ3v) is 4.25. The number of hydrogen-bond acceptors (Lipinski definition) is 4. The zero-order chi connectivity index (χ0) is 15.4. The summed E-state index contributed by atoms with van der Waals surface area (Å²) in [6, 6.07) is 6.21. The number of carbonyl (C=O) groups is 1. The molecule has 0 unspecified atom stereocenters. The molecular formula is C16H20N2O2S. The highest BCUT2D eigenvalue weighted by Crippen LogP contribution is 2.27. The Labute approximate surface area is 129 Å². The van der Waals surface area contributed by atoms with Crippen molar-refractivity contribution in [1.82, 2.24) is 9.88 Å². The molecule has 0 aliphatic heterocycles. The molecule has 112 valence electrons. The summed E-state index contributed by atoms with van der Waals surface area (Å²) in [7, 11) is 0. The molecule has 21 heavy (non-hydrogen) atoms. The summed E-state index contributed by atoms with van der Waals surface area (Å²) < 4.78 is 0. The van der Waals surface area contributed by atoms with Gasteiger partial charge in [-0.05, 0) is 26.3 Å². The molecule has 0 spiro atoms. The first-order chi connectivity index (χ1) is 10.1. The molecule has 0 bridgehead atoms. The smallest absolute Gasteiger partial charge is 0.273 e. The average molecular weight is 304 g/mol. The number of rotatable bonds is 5. The molecule has 4 nitrogen and oxygen atoms in total. The van der Waals surface area contributed by atoms with Gasteiger partial charge in [-0.25, -0.2) is 4.98 Å². The largest absolute Gasteiger partial charge is 0.395 e. The second-order valence-corrected chi connectivity index (χ2v) is 5.82. The summed E-state index contributed by atoms with van der Waals surface area (Å²) in [6.07, 6.45) is 0. The number of likely N-dealkylation sites (N-methyl/N-ethyl adjacent to an activating group) is 1. The lowest BCUT2D eigenvalue weighted by Gasteiger charge is -2.18. The first kappa shape index (κ1) is 15.7. The Hall–Kier alpha value is -1.72. The van der Waals surface area contributed by atoms with Crippen molar-refractivity contribution in [3.8, 4) is 10.6 Å². The molecule has 1 heterocycles. The highest BCUT2D eigenvalue weighted by molar-refractivity contribution is 7.13. The van der Waals surface area contributed by atoms with Gasteiger partial charge in [0, 0.05) is 24.0 Å². The summed E-state index contributed by atoms with van der Waals surface area (Å²) >= 11 is 1.48. The third kappa shape index (κ3) is 3.49. The van der Waals surface area contributed by atoms with Gasteiger partial charge >= 0.3 is 0 Å². The molecule has 1 aromatic carbocycles. The maximum Gasteiger partial charge on any atom is 0.273 e. The normalized spacial score (nSPS) is 10.7. The number of nitrogens with zero attached hydrogens (tertiary/aromatic N) is 2. The number of benzene rings is 1. The Morgan fingerprint density at radius 1 is 1.38 bits per heavy atom. The lowest BCUT2D eigenvalue weighted by molar-refractivity contribution is 0.0727. The predicted octanol–water partition coefficient (Wildman–Crippen LogP) is 2.88. The fourth-order valence-corrected chi connectivity index (χ4v) is 3.12. The molecule has 0 aliphatic carbocycles. The van der Waals surface area contributed by atoms with E-state index >= 15 is 0 Å². The number of aromatic nitrogens is 1. The number of carbonyl (C=O) groups excluding carboxylic acids is 1. The van der Waals surface area contributed by atoms with E-state index in [0.29, 0.717) is 18.8 Å². The molecule has 0 saturated heterocycles. The van der Waals surface area contributed by atoms with Crippen LogP contribution in [0.1, 0.15) is 28.5 Å². The van der Waals surface area contributed by atoms with Crippen LogP contribution < -0.4 is 0 Å². The zero-order valence-electron chi connectivity index (χ0n) is 12.6. The maximum absolute atomic E-state index is 12.3. The number of aliphatic hydroxyl groups is 1. The van der Waals surface area contributed by atoms with Crippen LogP contribution in [0.2, 0.25) is 0 Å². The topological polar surface area (TPSA) is 53.4 Å². The van der Waals surface area contributed by atoms with Gasteiger partial charge in [-0.2, -0.15) is 0 Å². The molecular weight excluding hydrogens is 284 g/mol. The first-order valence-electron chi connectivity index (χ1n) is 7.00. The summed E-state index contributed by atoms with van der Waals surface area (Å²) in [5, 5.41) is 11.6. The van der Waals surface area contributed by atoms with Crippen LogP contribution >= 0.6 is 11.3 Å². The molecule has 0 radical (unpaired) electrons. The Morgan fingerprint density at radius 2 is 2.14 bits per heavy atom. The van der Waals surface area contributed by atoms with E-state index in [1.165, 1.54) is 16.9 Å². The second kappa shape index (κ2) is 6.83. The Balaban J connectivity index is 2.27. The summed E-state index contributed by atoms with van der Waals surface area (Å²) in [4.78, 5) is 18.4. The van der Waals surface area contributed by atoms with Crippen LogP contribution in [0.25, 0.3) is 10.6 Å². The van der Waals surface area contributed by atoms with Gasteiger partial charge in [-0.3, -0.25) is 4.79 Å². The van der Waals surface area contributed by atoms with Gasteiger partial charge in [0.05, 0.1) is 6.61 Å². The van der Waals surface area contributed by atoms with Crippen molar-refractivity contribution in [2.24, 2.45) is 0 Å². The van der Waals surface area contributed by atoms with Crippen LogP contribution in [-0.4, -0.2) is 40.6 Å². The standard InChI is InChI=1S/C16H20N2O2S/c1-4-18(7-8-19)16(20)14-10-21-15(17-14)13-6-5-11(2)9-12(13)3/h5-6,9-10,19H,4,7-8H2,1-3H3. The summed E-state index contributed by atoms with van der Waals surface area (Å²) in [5.74, 6) is -0.126. The molecule has 1 N–H and O–H groups in total. The van der Waals surface area contributed by atoms with Crippen LogP contribution in [-0.2, 0) is 0 Å². The molecule has 1 aromatic heterocycles. The number of amides is 1. The Bertz CT molecular complexity index is 637. The fraction of sp³-hybridized carbons (Fsp3) is 0.375. The maximum atomic E-state index is 12.3. The van der Waals surface area contributed by atoms with Crippen LogP contribution in [0.4, 0.5) is 0 Å².